The van der Waals surface area contributed by atoms with Crippen LogP contribution >= 0.6 is 0 Å². The van der Waals surface area contributed by atoms with Crippen LogP contribution in [0.2, 0.25) is 0 Å². The topological polar surface area (TPSA) is 60.2 Å². The molecule has 2 aromatic heterocycles. The number of hydrogen-bond acceptors (Lipinski definition) is 4. The van der Waals surface area contributed by atoms with Gasteiger partial charge in [-0.25, -0.2) is 9.67 Å². The minimum Gasteiger partial charge on any atom is -0.508 e. The minimum absolute atomic E-state index is 0.175. The molecule has 0 saturated carbocycles. The zero-order valence-corrected chi connectivity index (χ0v) is 14.8. The number of aryl methyl sites for hydroxylation is 2. The zero-order chi connectivity index (χ0) is 17.4. The summed E-state index contributed by atoms with van der Waals surface area (Å²) in [6.45, 7) is 9.27. The monoisotopic (exact) mass is 325 g/mol. The van der Waals surface area contributed by atoms with Gasteiger partial charge in [0.1, 0.15) is 11.5 Å². The number of pyridine rings is 1. The van der Waals surface area contributed by atoms with E-state index in [1.54, 1.807) is 19.2 Å². The molecular formula is C19H23N3O2. The van der Waals surface area contributed by atoms with Gasteiger partial charge in [-0.15, -0.1) is 0 Å². The van der Waals surface area contributed by atoms with Gasteiger partial charge in [0, 0.05) is 23.6 Å². The van der Waals surface area contributed by atoms with Crippen molar-refractivity contribution < 1.29 is 9.84 Å². The lowest BCUT2D eigenvalue weighted by atomic mass is 10.1. The second-order valence-electron chi connectivity index (χ2n) is 6.57. The van der Waals surface area contributed by atoms with Gasteiger partial charge in [0.15, 0.2) is 5.65 Å². The van der Waals surface area contributed by atoms with Crippen LogP contribution in [0.4, 0.5) is 0 Å². The summed E-state index contributed by atoms with van der Waals surface area (Å²) in [4.78, 5) is 4.86. The van der Waals surface area contributed by atoms with Crippen molar-refractivity contribution in [3.05, 3.63) is 35.5 Å². The standard InChI is InChI=1S/C19H23N3O2/c1-11(2)10-22-19-18(13(4)21-22)12(3)8-16(20-19)15-7-6-14(23)9-17(15)24-5/h6-9,11,23H,10H2,1-5H3. The molecule has 5 nitrogen and oxygen atoms in total. The van der Waals surface area contributed by atoms with Gasteiger partial charge in [-0.3, -0.25) is 0 Å². The molecule has 24 heavy (non-hydrogen) atoms. The molecule has 0 radical (unpaired) electrons. The van der Waals surface area contributed by atoms with Crippen molar-refractivity contribution >= 4 is 11.0 Å². The largest absolute Gasteiger partial charge is 0.508 e. The normalized spacial score (nSPS) is 11.4. The first-order valence-electron chi connectivity index (χ1n) is 8.12. The number of aromatic hydroxyl groups is 1. The fourth-order valence-corrected chi connectivity index (χ4v) is 3.07. The van der Waals surface area contributed by atoms with Gasteiger partial charge >= 0.3 is 0 Å². The van der Waals surface area contributed by atoms with E-state index in [0.717, 1.165) is 40.1 Å². The number of methoxy groups -OCH3 is 1. The molecule has 1 N–H and O–H groups in total. The van der Waals surface area contributed by atoms with Crippen LogP contribution in [0.1, 0.15) is 25.1 Å². The molecule has 3 aromatic rings. The molecule has 0 amide bonds. The maximum Gasteiger partial charge on any atom is 0.158 e. The smallest absolute Gasteiger partial charge is 0.158 e. The molecule has 5 heteroatoms. The number of benzene rings is 1. The summed E-state index contributed by atoms with van der Waals surface area (Å²) >= 11 is 0. The fraction of sp³-hybridized carbons (Fsp3) is 0.368. The van der Waals surface area contributed by atoms with Crippen molar-refractivity contribution in [1.29, 1.82) is 0 Å². The number of phenols is 1. The highest BCUT2D eigenvalue weighted by molar-refractivity contribution is 5.85. The highest BCUT2D eigenvalue weighted by Gasteiger charge is 2.16. The fourth-order valence-electron chi connectivity index (χ4n) is 3.07. The Balaban J connectivity index is 2.24. The third-order valence-corrected chi connectivity index (χ3v) is 4.07. The van der Waals surface area contributed by atoms with Crippen molar-refractivity contribution in [3.8, 4) is 22.8 Å². The summed E-state index contributed by atoms with van der Waals surface area (Å²) in [7, 11) is 1.59. The number of ether oxygens (including phenoxy) is 1. The summed E-state index contributed by atoms with van der Waals surface area (Å²) in [5.41, 5.74) is 4.71. The molecule has 0 aliphatic carbocycles. The Bertz CT molecular complexity index is 897. The van der Waals surface area contributed by atoms with Gasteiger partial charge in [0.05, 0.1) is 18.5 Å². The lowest BCUT2D eigenvalue weighted by Crippen LogP contribution is -2.07. The molecule has 126 valence electrons. The van der Waals surface area contributed by atoms with Crippen LogP contribution in [0.15, 0.2) is 24.3 Å². The van der Waals surface area contributed by atoms with Gasteiger partial charge < -0.3 is 9.84 Å². The van der Waals surface area contributed by atoms with Crippen LogP contribution in [0.3, 0.4) is 0 Å². The Morgan fingerprint density at radius 2 is 1.96 bits per heavy atom. The maximum absolute atomic E-state index is 9.67. The van der Waals surface area contributed by atoms with Crippen LogP contribution in [0.25, 0.3) is 22.3 Å². The molecule has 0 aliphatic heterocycles. The number of aromatic nitrogens is 3. The Morgan fingerprint density at radius 1 is 1.21 bits per heavy atom. The number of nitrogens with zero attached hydrogens (tertiary/aromatic N) is 3. The maximum atomic E-state index is 9.67. The quantitative estimate of drug-likeness (QED) is 0.785. The van der Waals surface area contributed by atoms with Gasteiger partial charge in [-0.05, 0) is 43.5 Å². The molecule has 0 atom stereocenters. The van der Waals surface area contributed by atoms with E-state index in [9.17, 15) is 5.11 Å². The summed E-state index contributed by atoms with van der Waals surface area (Å²) in [5, 5.41) is 15.4. The molecular weight excluding hydrogens is 302 g/mol. The van der Waals surface area contributed by atoms with E-state index in [1.807, 2.05) is 23.7 Å². The predicted octanol–water partition coefficient (Wildman–Crippen LogP) is 4.09. The Morgan fingerprint density at radius 3 is 2.62 bits per heavy atom. The summed E-state index contributed by atoms with van der Waals surface area (Å²) < 4.78 is 7.39. The first kappa shape index (κ1) is 16.3. The van der Waals surface area contributed by atoms with Crippen molar-refractivity contribution in [2.24, 2.45) is 5.92 Å². The van der Waals surface area contributed by atoms with Crippen molar-refractivity contribution in [1.82, 2.24) is 14.8 Å². The predicted molar refractivity (Wildman–Crippen MR) is 95.5 cm³/mol. The SMILES string of the molecule is COc1cc(O)ccc1-c1cc(C)c2c(C)nn(CC(C)C)c2n1. The second-order valence-corrected chi connectivity index (χ2v) is 6.57. The first-order valence-corrected chi connectivity index (χ1v) is 8.12. The third kappa shape index (κ3) is 2.82. The average Bonchev–Trinajstić information content (AvgIpc) is 2.82. The number of hydrogen-bond donors (Lipinski definition) is 1. The highest BCUT2D eigenvalue weighted by Crippen LogP contribution is 2.34. The Kier molecular flexibility index (Phi) is 4.18. The minimum atomic E-state index is 0.175. The molecule has 2 heterocycles. The summed E-state index contributed by atoms with van der Waals surface area (Å²) in [5.74, 6) is 1.27. The van der Waals surface area contributed by atoms with Gasteiger partial charge in [0.25, 0.3) is 0 Å². The van der Waals surface area contributed by atoms with E-state index < -0.39 is 0 Å². The third-order valence-electron chi connectivity index (χ3n) is 4.07. The highest BCUT2D eigenvalue weighted by atomic mass is 16.5. The molecule has 0 spiro atoms. The Hall–Kier alpha value is -2.56. The van der Waals surface area contributed by atoms with E-state index in [4.69, 9.17) is 9.72 Å². The molecule has 0 unspecified atom stereocenters. The van der Waals surface area contributed by atoms with E-state index >= 15 is 0 Å². The van der Waals surface area contributed by atoms with Crippen LogP contribution in [0.5, 0.6) is 11.5 Å². The molecule has 1 aromatic carbocycles. The van der Waals surface area contributed by atoms with E-state index in [-0.39, 0.29) is 5.75 Å². The first-order chi connectivity index (χ1) is 11.4. The van der Waals surface area contributed by atoms with Crippen molar-refractivity contribution in [2.75, 3.05) is 7.11 Å². The summed E-state index contributed by atoms with van der Waals surface area (Å²) in [6.07, 6.45) is 0. The Labute approximate surface area is 141 Å². The van der Waals surface area contributed by atoms with Crippen LogP contribution in [-0.4, -0.2) is 27.0 Å². The molecule has 0 fully saturated rings. The van der Waals surface area contributed by atoms with Crippen LogP contribution in [-0.2, 0) is 6.54 Å². The number of phenolic OH excluding ortho intramolecular Hbond substituents is 1. The van der Waals surface area contributed by atoms with Crippen molar-refractivity contribution in [3.63, 3.8) is 0 Å². The number of rotatable bonds is 4. The van der Waals surface area contributed by atoms with E-state index in [0.29, 0.717) is 11.7 Å². The van der Waals surface area contributed by atoms with Crippen LogP contribution in [0, 0.1) is 19.8 Å². The van der Waals surface area contributed by atoms with Crippen LogP contribution < -0.4 is 4.74 Å². The van der Waals surface area contributed by atoms with Gasteiger partial charge in [-0.2, -0.15) is 5.10 Å². The average molecular weight is 325 g/mol. The van der Waals surface area contributed by atoms with Crippen molar-refractivity contribution in [2.45, 2.75) is 34.2 Å². The number of fused-ring (bicyclic) bond motifs is 1. The zero-order valence-electron chi connectivity index (χ0n) is 14.8. The lowest BCUT2D eigenvalue weighted by Gasteiger charge is -2.11. The molecule has 0 saturated heterocycles. The molecule has 0 bridgehead atoms. The van der Waals surface area contributed by atoms with Gasteiger partial charge in [0.2, 0.25) is 0 Å². The van der Waals surface area contributed by atoms with E-state index in [2.05, 4.69) is 25.9 Å². The van der Waals surface area contributed by atoms with E-state index in [1.165, 1.54) is 0 Å². The van der Waals surface area contributed by atoms with Gasteiger partial charge in [-0.1, -0.05) is 13.8 Å². The lowest BCUT2D eigenvalue weighted by molar-refractivity contribution is 0.409. The second kappa shape index (κ2) is 6.15. The molecule has 3 rings (SSSR count). The molecule has 0 aliphatic rings. The summed E-state index contributed by atoms with van der Waals surface area (Å²) in [6, 6.07) is 7.13.